The van der Waals surface area contributed by atoms with E-state index in [1.165, 1.54) is 24.3 Å². The molecule has 0 unspecified atom stereocenters. The van der Waals surface area contributed by atoms with E-state index in [0.717, 1.165) is 0 Å². The van der Waals surface area contributed by atoms with Crippen LogP contribution in [0.4, 0.5) is 0 Å². The number of benzene rings is 2. The highest BCUT2D eigenvalue weighted by molar-refractivity contribution is 6.43. The average molecular weight is 285 g/mol. The summed E-state index contributed by atoms with van der Waals surface area (Å²) in [5.74, 6) is -2.47. The van der Waals surface area contributed by atoms with Crippen LogP contribution in [0.2, 0.25) is 10.0 Å². The second kappa shape index (κ2) is 4.48. The summed E-state index contributed by atoms with van der Waals surface area (Å²) in [7, 11) is 0. The van der Waals surface area contributed by atoms with Crippen molar-refractivity contribution in [2.45, 2.75) is 0 Å². The largest absolute Gasteiger partial charge is 0.478 e. The van der Waals surface area contributed by atoms with E-state index in [0.29, 0.717) is 0 Å². The van der Waals surface area contributed by atoms with E-state index in [-0.39, 0.29) is 31.9 Å². The number of halogens is 2. The molecule has 2 rings (SSSR count). The molecule has 0 atom stereocenters. The van der Waals surface area contributed by atoms with Gasteiger partial charge in [0.25, 0.3) is 0 Å². The van der Waals surface area contributed by atoms with E-state index in [4.69, 9.17) is 33.4 Å². The van der Waals surface area contributed by atoms with Crippen molar-refractivity contribution in [3.63, 3.8) is 0 Å². The zero-order valence-corrected chi connectivity index (χ0v) is 10.3. The van der Waals surface area contributed by atoms with Crippen molar-refractivity contribution in [1.82, 2.24) is 0 Å². The van der Waals surface area contributed by atoms with Crippen LogP contribution in [0.15, 0.2) is 24.3 Å². The van der Waals surface area contributed by atoms with Crippen LogP contribution in [0, 0.1) is 0 Å². The molecule has 0 spiro atoms. The van der Waals surface area contributed by atoms with Crippen molar-refractivity contribution in [2.24, 2.45) is 0 Å². The molecule has 6 heteroatoms. The van der Waals surface area contributed by atoms with Crippen molar-refractivity contribution in [1.29, 1.82) is 0 Å². The Bertz CT molecular complexity index is 625. The monoisotopic (exact) mass is 284 g/mol. The number of carboxylic acids is 2. The first-order valence-corrected chi connectivity index (χ1v) is 5.56. The van der Waals surface area contributed by atoms with Crippen LogP contribution in [0.5, 0.6) is 0 Å². The van der Waals surface area contributed by atoms with E-state index < -0.39 is 11.9 Å². The molecule has 2 aromatic carbocycles. The first-order chi connectivity index (χ1) is 8.43. The number of aromatic carboxylic acids is 2. The summed E-state index contributed by atoms with van der Waals surface area (Å²) in [4.78, 5) is 22.3. The van der Waals surface area contributed by atoms with Crippen molar-refractivity contribution < 1.29 is 19.8 Å². The molecule has 2 N–H and O–H groups in total. The summed E-state index contributed by atoms with van der Waals surface area (Å²) in [5.41, 5.74) is -0.288. The van der Waals surface area contributed by atoms with Gasteiger partial charge in [-0.3, -0.25) is 0 Å². The van der Waals surface area contributed by atoms with Crippen LogP contribution < -0.4 is 0 Å². The van der Waals surface area contributed by atoms with E-state index >= 15 is 0 Å². The molecule has 0 aromatic heterocycles. The number of hydrogen-bond donors (Lipinski definition) is 2. The molecule has 0 aliphatic carbocycles. The van der Waals surface area contributed by atoms with Crippen LogP contribution in [-0.2, 0) is 0 Å². The van der Waals surface area contributed by atoms with E-state index in [1.807, 2.05) is 0 Å². The van der Waals surface area contributed by atoms with Crippen molar-refractivity contribution >= 4 is 45.9 Å². The SMILES string of the molecule is O=C(O)c1ccc(Cl)c2c(Cl)ccc(C(=O)O)c12. The molecule has 0 bridgehead atoms. The van der Waals surface area contributed by atoms with Gasteiger partial charge in [-0.15, -0.1) is 0 Å². The van der Waals surface area contributed by atoms with Gasteiger partial charge >= 0.3 is 11.9 Å². The van der Waals surface area contributed by atoms with Gasteiger partial charge in [0, 0.05) is 20.8 Å². The van der Waals surface area contributed by atoms with Gasteiger partial charge in [-0.05, 0) is 24.3 Å². The minimum absolute atomic E-state index is 0.0370. The summed E-state index contributed by atoms with van der Waals surface area (Å²) in [6.07, 6.45) is 0. The Morgan fingerprint density at radius 2 is 1.17 bits per heavy atom. The third-order valence-corrected chi connectivity index (χ3v) is 3.15. The number of hydrogen-bond acceptors (Lipinski definition) is 2. The lowest BCUT2D eigenvalue weighted by molar-refractivity contribution is 0.0695. The van der Waals surface area contributed by atoms with E-state index in [2.05, 4.69) is 0 Å². The number of fused-ring (bicyclic) bond motifs is 1. The quantitative estimate of drug-likeness (QED) is 0.884. The standard InChI is InChI=1S/C12H6Cl2O4/c13-7-3-1-5(11(15)16)9-6(12(17)18)2-4-8(14)10(7)9/h1-4H,(H,15,16)(H,17,18). The summed E-state index contributed by atoms with van der Waals surface area (Å²) in [6, 6.07) is 5.28. The summed E-state index contributed by atoms with van der Waals surface area (Å²) in [6.45, 7) is 0. The molecule has 4 nitrogen and oxygen atoms in total. The second-order valence-electron chi connectivity index (χ2n) is 3.55. The lowest BCUT2D eigenvalue weighted by Gasteiger charge is -2.09. The number of carboxylic acid groups (broad SMARTS) is 2. The predicted octanol–water partition coefficient (Wildman–Crippen LogP) is 3.54. The fourth-order valence-electron chi connectivity index (χ4n) is 1.77. The topological polar surface area (TPSA) is 74.6 Å². The summed E-state index contributed by atoms with van der Waals surface area (Å²) >= 11 is 11.9. The Hall–Kier alpha value is -1.78. The molecular formula is C12H6Cl2O4. The third-order valence-electron chi connectivity index (χ3n) is 2.52. The van der Waals surface area contributed by atoms with Gasteiger partial charge in [0.05, 0.1) is 11.1 Å². The van der Waals surface area contributed by atoms with Gasteiger partial charge < -0.3 is 10.2 Å². The minimum atomic E-state index is -1.23. The second-order valence-corrected chi connectivity index (χ2v) is 4.36. The van der Waals surface area contributed by atoms with Crippen LogP contribution in [0.3, 0.4) is 0 Å². The van der Waals surface area contributed by atoms with Crippen molar-refractivity contribution in [3.8, 4) is 0 Å². The minimum Gasteiger partial charge on any atom is -0.478 e. The Kier molecular flexibility index (Phi) is 3.15. The summed E-state index contributed by atoms with van der Waals surface area (Å²) < 4.78 is 0. The maximum absolute atomic E-state index is 11.1. The fraction of sp³-hybridized carbons (Fsp3) is 0. The molecule has 0 aliphatic rings. The van der Waals surface area contributed by atoms with Crippen LogP contribution in [-0.4, -0.2) is 22.2 Å². The first kappa shape index (κ1) is 12.7. The van der Waals surface area contributed by atoms with Crippen LogP contribution in [0.25, 0.3) is 10.8 Å². The Morgan fingerprint density at radius 3 is 1.50 bits per heavy atom. The molecule has 0 radical (unpaired) electrons. The normalized spacial score (nSPS) is 10.6. The van der Waals surface area contributed by atoms with E-state index in [1.54, 1.807) is 0 Å². The Morgan fingerprint density at radius 1 is 0.778 bits per heavy atom. The zero-order valence-electron chi connectivity index (χ0n) is 8.78. The molecule has 0 heterocycles. The van der Waals surface area contributed by atoms with Gasteiger partial charge in [-0.2, -0.15) is 0 Å². The molecule has 0 amide bonds. The molecule has 18 heavy (non-hydrogen) atoms. The molecule has 0 saturated heterocycles. The van der Waals surface area contributed by atoms with Crippen molar-refractivity contribution in [3.05, 3.63) is 45.4 Å². The lowest BCUT2D eigenvalue weighted by Crippen LogP contribution is -2.04. The van der Waals surface area contributed by atoms with Gasteiger partial charge in [-0.25, -0.2) is 9.59 Å². The zero-order chi connectivity index (χ0) is 13.4. The third kappa shape index (κ3) is 1.89. The molecule has 0 aliphatic heterocycles. The lowest BCUT2D eigenvalue weighted by atomic mass is 9.99. The van der Waals surface area contributed by atoms with E-state index in [9.17, 15) is 9.59 Å². The van der Waals surface area contributed by atoms with Gasteiger partial charge in [0.1, 0.15) is 0 Å². The highest BCUT2D eigenvalue weighted by Crippen LogP contribution is 2.35. The highest BCUT2D eigenvalue weighted by atomic mass is 35.5. The van der Waals surface area contributed by atoms with Gasteiger partial charge in [-0.1, -0.05) is 23.2 Å². The maximum Gasteiger partial charge on any atom is 0.336 e. The van der Waals surface area contributed by atoms with Crippen LogP contribution in [0.1, 0.15) is 20.7 Å². The van der Waals surface area contributed by atoms with Crippen LogP contribution >= 0.6 is 23.2 Å². The Labute approximate surface area is 111 Å². The molecule has 92 valence electrons. The van der Waals surface area contributed by atoms with Gasteiger partial charge in [0.2, 0.25) is 0 Å². The maximum atomic E-state index is 11.1. The molecule has 0 saturated carbocycles. The summed E-state index contributed by atoms with van der Waals surface area (Å²) in [5, 5.41) is 18.9. The molecular weight excluding hydrogens is 279 g/mol. The fourth-order valence-corrected chi connectivity index (χ4v) is 2.34. The molecule has 0 fully saturated rings. The average Bonchev–Trinajstić information content (AvgIpc) is 2.28. The van der Waals surface area contributed by atoms with Crippen molar-refractivity contribution in [2.75, 3.05) is 0 Å². The molecule has 2 aromatic rings. The number of rotatable bonds is 2. The predicted molar refractivity (Wildman–Crippen MR) is 67.9 cm³/mol. The highest BCUT2D eigenvalue weighted by Gasteiger charge is 2.19. The number of carbonyl (C=O) groups is 2. The Balaban J connectivity index is 3.06. The van der Waals surface area contributed by atoms with Gasteiger partial charge in [0.15, 0.2) is 0 Å². The first-order valence-electron chi connectivity index (χ1n) is 4.80. The smallest absolute Gasteiger partial charge is 0.336 e.